The highest BCUT2D eigenvalue weighted by Gasteiger charge is 2.05. The van der Waals surface area contributed by atoms with E-state index in [0.717, 1.165) is 5.56 Å². The molecule has 104 valence electrons. The monoisotopic (exact) mass is 282 g/mol. The first kappa shape index (κ1) is 15.5. The van der Waals surface area contributed by atoms with Crippen molar-refractivity contribution in [3.63, 3.8) is 0 Å². The van der Waals surface area contributed by atoms with Gasteiger partial charge in [0, 0.05) is 18.8 Å². The molecule has 1 rings (SSSR count). The van der Waals surface area contributed by atoms with Crippen molar-refractivity contribution in [3.8, 4) is 11.8 Å². The lowest BCUT2D eigenvalue weighted by molar-refractivity contribution is 0.368. The van der Waals surface area contributed by atoms with Gasteiger partial charge in [0.05, 0.1) is 5.75 Å². The maximum Gasteiger partial charge on any atom is 0.174 e. The van der Waals surface area contributed by atoms with Gasteiger partial charge in [0.1, 0.15) is 11.8 Å². The second kappa shape index (κ2) is 7.77. The molecule has 0 unspecified atom stereocenters. The molecule has 0 aromatic heterocycles. The summed E-state index contributed by atoms with van der Waals surface area (Å²) < 4.78 is 27.7. The summed E-state index contributed by atoms with van der Waals surface area (Å²) >= 11 is 0. The fourth-order valence-electron chi connectivity index (χ4n) is 1.42. The van der Waals surface area contributed by atoms with Gasteiger partial charge in [0.25, 0.3) is 0 Å². The van der Waals surface area contributed by atoms with E-state index in [4.69, 9.17) is 10.00 Å². The Labute approximate surface area is 114 Å². The van der Waals surface area contributed by atoms with Crippen molar-refractivity contribution in [1.29, 1.82) is 5.26 Å². The van der Waals surface area contributed by atoms with Crippen LogP contribution in [0.4, 0.5) is 0 Å². The molecule has 0 fully saturated rings. The number of ether oxygens (including phenoxy) is 1. The molecule has 0 aliphatic heterocycles. The van der Waals surface area contributed by atoms with Crippen molar-refractivity contribution in [3.05, 3.63) is 29.8 Å². The standard InChI is InChI=1S/C13H18N2O3S/c1-2-19(16,17)10-8-15-11-12-3-5-13(6-4-12)18-9-7-14/h3-6,15H,2,8-11H2,1H3. The van der Waals surface area contributed by atoms with E-state index in [1.165, 1.54) is 0 Å². The normalized spacial score (nSPS) is 10.9. The third-order valence-electron chi connectivity index (χ3n) is 2.59. The summed E-state index contributed by atoms with van der Waals surface area (Å²) in [6.45, 7) is 2.74. The molecule has 1 aromatic carbocycles. The van der Waals surface area contributed by atoms with Crippen molar-refractivity contribution >= 4 is 9.84 Å². The molecule has 6 heteroatoms. The molecule has 0 saturated carbocycles. The van der Waals surface area contributed by atoms with Gasteiger partial charge in [0.15, 0.2) is 16.4 Å². The van der Waals surface area contributed by atoms with Crippen LogP contribution < -0.4 is 10.1 Å². The van der Waals surface area contributed by atoms with Gasteiger partial charge >= 0.3 is 0 Å². The van der Waals surface area contributed by atoms with E-state index in [2.05, 4.69) is 5.32 Å². The lowest BCUT2D eigenvalue weighted by Gasteiger charge is -2.06. The zero-order chi connectivity index (χ0) is 14.1. The van der Waals surface area contributed by atoms with Crippen LogP contribution in [0.3, 0.4) is 0 Å². The predicted molar refractivity (Wildman–Crippen MR) is 73.6 cm³/mol. The average molecular weight is 282 g/mol. The first-order valence-corrected chi connectivity index (χ1v) is 7.89. The maximum absolute atomic E-state index is 11.3. The van der Waals surface area contributed by atoms with E-state index < -0.39 is 9.84 Å². The summed E-state index contributed by atoms with van der Waals surface area (Å²) in [5.74, 6) is 0.991. The van der Waals surface area contributed by atoms with Crippen molar-refractivity contribution in [2.45, 2.75) is 13.5 Å². The molecule has 0 saturated heterocycles. The first-order valence-electron chi connectivity index (χ1n) is 6.07. The highest BCUT2D eigenvalue weighted by atomic mass is 32.2. The van der Waals surface area contributed by atoms with Gasteiger partial charge in [-0.25, -0.2) is 8.42 Å². The van der Waals surface area contributed by atoms with E-state index in [0.29, 0.717) is 18.8 Å². The molecule has 0 atom stereocenters. The minimum atomic E-state index is -2.90. The maximum atomic E-state index is 11.3. The minimum Gasteiger partial charge on any atom is -0.479 e. The Kier molecular flexibility index (Phi) is 6.33. The summed E-state index contributed by atoms with van der Waals surface area (Å²) in [7, 11) is -2.90. The van der Waals surface area contributed by atoms with Crippen LogP contribution in [-0.2, 0) is 16.4 Å². The Bertz CT molecular complexity index is 518. The summed E-state index contributed by atoms with van der Waals surface area (Å²) in [4.78, 5) is 0. The van der Waals surface area contributed by atoms with Gasteiger partial charge in [-0.2, -0.15) is 5.26 Å². The van der Waals surface area contributed by atoms with Crippen LogP contribution in [0.1, 0.15) is 12.5 Å². The first-order chi connectivity index (χ1) is 9.07. The van der Waals surface area contributed by atoms with E-state index in [9.17, 15) is 8.42 Å². The van der Waals surface area contributed by atoms with E-state index in [-0.39, 0.29) is 18.1 Å². The van der Waals surface area contributed by atoms with Crippen LogP contribution in [-0.4, -0.2) is 33.1 Å². The molecule has 19 heavy (non-hydrogen) atoms. The summed E-state index contributed by atoms with van der Waals surface area (Å²) in [5.41, 5.74) is 1.04. The third kappa shape index (κ3) is 6.22. The Morgan fingerprint density at radius 2 is 2.00 bits per heavy atom. The third-order valence-corrected chi connectivity index (χ3v) is 4.29. The Morgan fingerprint density at radius 3 is 2.58 bits per heavy atom. The quantitative estimate of drug-likeness (QED) is 0.723. The van der Waals surface area contributed by atoms with Crippen LogP contribution in [0.5, 0.6) is 5.75 Å². The summed E-state index contributed by atoms with van der Waals surface area (Å²) in [6.07, 6.45) is 0. The second-order valence-electron chi connectivity index (χ2n) is 4.00. The lowest BCUT2D eigenvalue weighted by Crippen LogP contribution is -2.23. The van der Waals surface area contributed by atoms with Gasteiger partial charge in [0.2, 0.25) is 0 Å². The molecule has 0 radical (unpaired) electrons. The molecular formula is C13H18N2O3S. The van der Waals surface area contributed by atoms with Crippen molar-refractivity contribution in [2.24, 2.45) is 0 Å². The number of sulfone groups is 1. The molecular weight excluding hydrogens is 264 g/mol. The Balaban J connectivity index is 2.32. The van der Waals surface area contributed by atoms with E-state index >= 15 is 0 Å². The van der Waals surface area contributed by atoms with Gasteiger partial charge in [-0.15, -0.1) is 0 Å². The van der Waals surface area contributed by atoms with Gasteiger partial charge in [-0.05, 0) is 17.7 Å². The summed E-state index contributed by atoms with van der Waals surface area (Å²) in [6, 6.07) is 9.24. The van der Waals surface area contributed by atoms with Crippen LogP contribution in [0.2, 0.25) is 0 Å². The SMILES string of the molecule is CCS(=O)(=O)CCNCc1ccc(OCC#N)cc1. The lowest BCUT2D eigenvalue weighted by atomic mass is 10.2. The number of nitrogens with one attached hydrogen (secondary N) is 1. The molecule has 0 aliphatic rings. The minimum absolute atomic E-state index is 0.0342. The van der Waals surface area contributed by atoms with E-state index in [1.807, 2.05) is 18.2 Å². The molecule has 0 amide bonds. The molecule has 5 nitrogen and oxygen atoms in total. The topological polar surface area (TPSA) is 79.2 Å². The van der Waals surface area contributed by atoms with Crippen LogP contribution >= 0.6 is 0 Å². The predicted octanol–water partition coefficient (Wildman–Crippen LogP) is 1.11. The van der Waals surface area contributed by atoms with Crippen molar-refractivity contribution in [1.82, 2.24) is 5.32 Å². The number of nitriles is 1. The fourth-order valence-corrected chi connectivity index (χ4v) is 2.17. The Morgan fingerprint density at radius 1 is 1.32 bits per heavy atom. The van der Waals surface area contributed by atoms with Crippen molar-refractivity contribution < 1.29 is 13.2 Å². The average Bonchev–Trinajstić information content (AvgIpc) is 2.42. The van der Waals surface area contributed by atoms with Crippen LogP contribution in [0, 0.1) is 11.3 Å². The molecule has 0 aliphatic carbocycles. The molecule has 1 N–H and O–H groups in total. The van der Waals surface area contributed by atoms with Crippen LogP contribution in [0.25, 0.3) is 0 Å². The van der Waals surface area contributed by atoms with Gasteiger partial charge in [-0.1, -0.05) is 19.1 Å². The molecule has 0 bridgehead atoms. The van der Waals surface area contributed by atoms with Crippen molar-refractivity contribution in [2.75, 3.05) is 24.7 Å². The number of nitrogens with zero attached hydrogens (tertiary/aromatic N) is 1. The summed E-state index contributed by atoms with van der Waals surface area (Å²) in [5, 5.41) is 11.5. The smallest absolute Gasteiger partial charge is 0.174 e. The number of hydrogen-bond donors (Lipinski definition) is 1. The molecule has 0 spiro atoms. The molecule has 0 heterocycles. The second-order valence-corrected chi connectivity index (χ2v) is 6.48. The largest absolute Gasteiger partial charge is 0.479 e. The van der Waals surface area contributed by atoms with Crippen LogP contribution in [0.15, 0.2) is 24.3 Å². The molecule has 1 aromatic rings. The van der Waals surface area contributed by atoms with Gasteiger partial charge < -0.3 is 10.1 Å². The van der Waals surface area contributed by atoms with Gasteiger partial charge in [-0.3, -0.25) is 0 Å². The number of rotatable bonds is 8. The Hall–Kier alpha value is -1.58. The zero-order valence-corrected chi connectivity index (χ0v) is 11.7. The highest BCUT2D eigenvalue weighted by molar-refractivity contribution is 7.91. The highest BCUT2D eigenvalue weighted by Crippen LogP contribution is 2.11. The van der Waals surface area contributed by atoms with E-state index in [1.54, 1.807) is 19.1 Å². The number of hydrogen-bond acceptors (Lipinski definition) is 5. The fraction of sp³-hybridized carbons (Fsp3) is 0.462. The number of benzene rings is 1. The zero-order valence-electron chi connectivity index (χ0n) is 10.9.